The summed E-state index contributed by atoms with van der Waals surface area (Å²) < 4.78 is 0. The van der Waals surface area contributed by atoms with Crippen LogP contribution >= 0.6 is 0 Å². The molecule has 0 heterocycles. The SMILES string of the molecule is CCCCCCCCCCN(CCCCCCCCCC)C(=O)CCCCCCCN(CCCCCCCC(=O)N(CCCCCCCCCC)CCCCCCCCCC)[C@H]1CCCC[C@H]1O. The number of nitrogens with zero attached hydrogens (tertiary/aromatic N) is 3. The fourth-order valence-electron chi connectivity index (χ4n) is 11.0. The number of carbonyl (C=O) groups excluding carboxylic acids is 2. The lowest BCUT2D eigenvalue weighted by Crippen LogP contribution is -2.46. The maximum absolute atomic E-state index is 13.5. The first kappa shape index (κ1) is 64.9. The Bertz CT molecular complexity index is 944. The fraction of sp³-hybridized carbons (Fsp3) is 0.968. The third kappa shape index (κ3) is 39.5. The van der Waals surface area contributed by atoms with Crippen molar-refractivity contribution in [3.63, 3.8) is 0 Å². The Morgan fingerprint density at radius 2 is 0.559 bits per heavy atom. The van der Waals surface area contributed by atoms with Crippen LogP contribution < -0.4 is 0 Å². The first-order valence-corrected chi connectivity index (χ1v) is 31.5. The lowest BCUT2D eigenvalue weighted by atomic mass is 9.91. The van der Waals surface area contributed by atoms with Gasteiger partial charge >= 0.3 is 0 Å². The molecule has 0 aromatic heterocycles. The average molecular weight is 959 g/mol. The van der Waals surface area contributed by atoms with Gasteiger partial charge in [0.1, 0.15) is 0 Å². The second-order valence-electron chi connectivity index (χ2n) is 22.2. The minimum atomic E-state index is -0.181. The Morgan fingerprint density at radius 1 is 0.324 bits per heavy atom. The zero-order valence-electron chi connectivity index (χ0n) is 46.9. The third-order valence-corrected chi connectivity index (χ3v) is 15.7. The fourth-order valence-corrected chi connectivity index (χ4v) is 11.0. The third-order valence-electron chi connectivity index (χ3n) is 15.7. The zero-order chi connectivity index (χ0) is 49.2. The predicted octanol–water partition coefficient (Wildman–Crippen LogP) is 18.5. The van der Waals surface area contributed by atoms with E-state index in [-0.39, 0.29) is 6.10 Å². The molecule has 1 fully saturated rings. The molecule has 2 atom stereocenters. The number of aliphatic hydroxyl groups is 1. The Kier molecular flexibility index (Phi) is 48.5. The van der Waals surface area contributed by atoms with Crippen molar-refractivity contribution in [1.82, 2.24) is 14.7 Å². The summed E-state index contributed by atoms with van der Waals surface area (Å²) in [6.07, 6.45) is 59.5. The van der Waals surface area contributed by atoms with Crippen molar-refractivity contribution < 1.29 is 14.7 Å². The molecule has 0 aromatic carbocycles. The summed E-state index contributed by atoms with van der Waals surface area (Å²) in [6, 6.07) is 0.320. The van der Waals surface area contributed by atoms with Gasteiger partial charge in [-0.15, -0.1) is 0 Å². The first-order chi connectivity index (χ1) is 33.5. The Hall–Kier alpha value is -1.14. The summed E-state index contributed by atoms with van der Waals surface area (Å²) in [5.41, 5.74) is 0. The molecule has 1 aliphatic rings. The first-order valence-electron chi connectivity index (χ1n) is 31.5. The summed E-state index contributed by atoms with van der Waals surface area (Å²) >= 11 is 0. The standard InChI is InChI=1S/C62H123N3O3/c1-5-9-13-17-21-25-33-45-55-64(56-46-34-26-22-18-14-10-6-2)61(67)51-39-31-29-37-43-53-63(59-49-41-42-50-60(59)66)54-44-38-30-32-40-52-62(68)65(57-47-35-27-23-19-15-11-7-3)58-48-36-28-24-20-16-12-8-4/h59-60,66H,5-58H2,1-4H3/t59-,60+/m0/s1. The predicted molar refractivity (Wildman–Crippen MR) is 299 cm³/mol. The van der Waals surface area contributed by atoms with E-state index in [0.717, 1.165) is 97.1 Å². The molecule has 68 heavy (non-hydrogen) atoms. The highest BCUT2D eigenvalue weighted by atomic mass is 16.3. The molecule has 0 aliphatic heterocycles. The van der Waals surface area contributed by atoms with E-state index in [1.807, 2.05) is 0 Å². The lowest BCUT2D eigenvalue weighted by Gasteiger charge is -2.38. The van der Waals surface area contributed by atoms with Gasteiger partial charge in [-0.1, -0.05) is 259 Å². The Labute approximate surface area is 426 Å². The molecule has 6 nitrogen and oxygen atoms in total. The number of amides is 2. The van der Waals surface area contributed by atoms with Crippen LogP contribution in [0.5, 0.6) is 0 Å². The molecule has 404 valence electrons. The van der Waals surface area contributed by atoms with Crippen LogP contribution in [0.15, 0.2) is 0 Å². The van der Waals surface area contributed by atoms with E-state index in [4.69, 9.17) is 0 Å². The van der Waals surface area contributed by atoms with Crippen molar-refractivity contribution in [2.75, 3.05) is 39.3 Å². The van der Waals surface area contributed by atoms with Gasteiger partial charge in [0.2, 0.25) is 11.8 Å². The van der Waals surface area contributed by atoms with Gasteiger partial charge in [0.15, 0.2) is 0 Å². The molecule has 0 spiro atoms. The molecule has 1 saturated carbocycles. The molecule has 0 unspecified atom stereocenters. The van der Waals surface area contributed by atoms with E-state index in [9.17, 15) is 14.7 Å². The molecule has 1 rings (SSSR count). The largest absolute Gasteiger partial charge is 0.391 e. The van der Waals surface area contributed by atoms with Gasteiger partial charge in [-0.25, -0.2) is 0 Å². The molecular weight excluding hydrogens is 835 g/mol. The van der Waals surface area contributed by atoms with Gasteiger partial charge in [0.25, 0.3) is 0 Å². The van der Waals surface area contributed by atoms with E-state index >= 15 is 0 Å². The molecule has 0 bridgehead atoms. The summed E-state index contributed by atoms with van der Waals surface area (Å²) in [5.74, 6) is 0.815. The van der Waals surface area contributed by atoms with Crippen molar-refractivity contribution in [3.8, 4) is 0 Å². The summed E-state index contributed by atoms with van der Waals surface area (Å²) in [6.45, 7) is 15.2. The quantitative estimate of drug-likeness (QED) is 0.0617. The highest BCUT2D eigenvalue weighted by Crippen LogP contribution is 2.25. The average Bonchev–Trinajstić information content (AvgIpc) is 3.34. The van der Waals surface area contributed by atoms with E-state index in [1.54, 1.807) is 0 Å². The minimum absolute atomic E-state index is 0.181. The van der Waals surface area contributed by atoms with E-state index < -0.39 is 0 Å². The van der Waals surface area contributed by atoms with Crippen molar-refractivity contribution >= 4 is 11.8 Å². The molecule has 6 heteroatoms. The normalized spacial score (nSPS) is 15.1. The van der Waals surface area contributed by atoms with Crippen molar-refractivity contribution in [2.45, 2.75) is 348 Å². The highest BCUT2D eigenvalue weighted by Gasteiger charge is 2.28. The number of hydrogen-bond donors (Lipinski definition) is 1. The van der Waals surface area contributed by atoms with Gasteiger partial charge in [-0.05, 0) is 77.3 Å². The van der Waals surface area contributed by atoms with Crippen LogP contribution in [0.2, 0.25) is 0 Å². The van der Waals surface area contributed by atoms with Gasteiger partial charge < -0.3 is 14.9 Å². The summed E-state index contributed by atoms with van der Waals surface area (Å²) in [7, 11) is 0. The minimum Gasteiger partial charge on any atom is -0.391 e. The van der Waals surface area contributed by atoms with Crippen LogP contribution in [0.1, 0.15) is 336 Å². The second-order valence-corrected chi connectivity index (χ2v) is 22.2. The number of aliphatic hydroxyl groups excluding tert-OH is 1. The smallest absolute Gasteiger partial charge is 0.222 e. The molecule has 1 N–H and O–H groups in total. The zero-order valence-corrected chi connectivity index (χ0v) is 46.9. The molecule has 2 amide bonds. The van der Waals surface area contributed by atoms with Gasteiger partial charge in [0, 0.05) is 45.1 Å². The molecular formula is C62H123N3O3. The maximum atomic E-state index is 13.5. The van der Waals surface area contributed by atoms with Crippen LogP contribution in [-0.4, -0.2) is 83.0 Å². The number of hydrogen-bond acceptors (Lipinski definition) is 4. The second kappa shape index (κ2) is 50.8. The summed E-state index contributed by atoms with van der Waals surface area (Å²) in [4.78, 5) is 34.1. The Morgan fingerprint density at radius 3 is 0.838 bits per heavy atom. The van der Waals surface area contributed by atoms with Crippen molar-refractivity contribution in [3.05, 3.63) is 0 Å². The molecule has 1 aliphatic carbocycles. The maximum Gasteiger partial charge on any atom is 0.222 e. The molecule has 0 saturated heterocycles. The van der Waals surface area contributed by atoms with E-state index in [1.165, 1.54) is 250 Å². The van der Waals surface area contributed by atoms with E-state index in [2.05, 4.69) is 42.4 Å². The van der Waals surface area contributed by atoms with E-state index in [0.29, 0.717) is 17.9 Å². The van der Waals surface area contributed by atoms with Crippen LogP contribution in [0.25, 0.3) is 0 Å². The van der Waals surface area contributed by atoms with Gasteiger partial charge in [-0.2, -0.15) is 0 Å². The van der Waals surface area contributed by atoms with Crippen LogP contribution in [-0.2, 0) is 9.59 Å². The number of carbonyl (C=O) groups is 2. The number of rotatable bonds is 53. The summed E-state index contributed by atoms with van der Waals surface area (Å²) in [5, 5.41) is 11.0. The molecule has 0 radical (unpaired) electrons. The van der Waals surface area contributed by atoms with Crippen LogP contribution in [0.3, 0.4) is 0 Å². The Balaban J connectivity index is 2.45. The van der Waals surface area contributed by atoms with Crippen molar-refractivity contribution in [1.29, 1.82) is 0 Å². The van der Waals surface area contributed by atoms with Crippen LogP contribution in [0, 0.1) is 0 Å². The topological polar surface area (TPSA) is 64.1 Å². The monoisotopic (exact) mass is 958 g/mol. The van der Waals surface area contributed by atoms with Gasteiger partial charge in [0.05, 0.1) is 6.10 Å². The highest BCUT2D eigenvalue weighted by molar-refractivity contribution is 5.76. The van der Waals surface area contributed by atoms with Gasteiger partial charge in [-0.3, -0.25) is 14.5 Å². The van der Waals surface area contributed by atoms with Crippen molar-refractivity contribution in [2.24, 2.45) is 0 Å². The molecule has 0 aromatic rings. The lowest BCUT2D eigenvalue weighted by molar-refractivity contribution is -0.132. The van der Waals surface area contributed by atoms with Crippen LogP contribution in [0.4, 0.5) is 0 Å². The number of unbranched alkanes of at least 4 members (excludes halogenated alkanes) is 36.